The second-order valence-corrected chi connectivity index (χ2v) is 8.73. The highest BCUT2D eigenvalue weighted by molar-refractivity contribution is 5.93. The Bertz CT molecular complexity index is 830. The number of piperidine rings is 2. The third-order valence-corrected chi connectivity index (χ3v) is 7.23. The van der Waals surface area contributed by atoms with Crippen molar-refractivity contribution in [1.82, 2.24) is 9.80 Å². The molecule has 0 unspecified atom stereocenters. The minimum Gasteiger partial charge on any atom is -0.436 e. The molecule has 0 N–H and O–H groups in total. The Morgan fingerprint density at radius 3 is 2.43 bits per heavy atom. The van der Waals surface area contributed by atoms with Gasteiger partial charge in [0.25, 0.3) is 0 Å². The van der Waals surface area contributed by atoms with Crippen molar-refractivity contribution in [1.29, 1.82) is 0 Å². The van der Waals surface area contributed by atoms with Gasteiger partial charge in [0.2, 0.25) is 5.91 Å². The maximum absolute atomic E-state index is 12.1. The van der Waals surface area contributed by atoms with Gasteiger partial charge in [0.1, 0.15) is 0 Å². The van der Waals surface area contributed by atoms with E-state index in [1.807, 2.05) is 11.0 Å². The molecular formula is C24H31N3O3. The molecular weight excluding hydrogens is 378 g/mol. The topological polar surface area (TPSA) is 53.1 Å². The first-order valence-electron chi connectivity index (χ1n) is 11.0. The Morgan fingerprint density at radius 1 is 1.10 bits per heavy atom. The number of nitrogens with zero attached hydrogens (tertiary/aromatic N) is 3. The Morgan fingerprint density at radius 2 is 1.77 bits per heavy atom. The molecule has 0 aromatic heterocycles. The van der Waals surface area contributed by atoms with Gasteiger partial charge in [0.15, 0.2) is 6.61 Å². The van der Waals surface area contributed by atoms with Gasteiger partial charge in [-0.3, -0.25) is 4.79 Å². The number of hydrogen-bond acceptors (Lipinski definition) is 4. The van der Waals surface area contributed by atoms with E-state index in [2.05, 4.69) is 29.0 Å². The van der Waals surface area contributed by atoms with Crippen molar-refractivity contribution in [3.63, 3.8) is 0 Å². The van der Waals surface area contributed by atoms with E-state index in [4.69, 9.17) is 11.2 Å². The lowest BCUT2D eigenvalue weighted by molar-refractivity contribution is -0.116. The normalized spacial score (nSPS) is 21.7. The maximum atomic E-state index is 12.1. The lowest BCUT2D eigenvalue weighted by Crippen LogP contribution is -2.53. The van der Waals surface area contributed by atoms with Gasteiger partial charge in [-0.05, 0) is 56.8 Å². The zero-order valence-corrected chi connectivity index (χ0v) is 17.8. The molecule has 30 heavy (non-hydrogen) atoms. The van der Waals surface area contributed by atoms with Gasteiger partial charge in [-0.2, -0.15) is 0 Å². The number of likely N-dealkylation sites (tertiary alicyclic amines) is 2. The molecule has 3 aliphatic rings. The molecule has 2 fully saturated rings. The van der Waals surface area contributed by atoms with Crippen LogP contribution in [0.15, 0.2) is 24.3 Å². The first-order chi connectivity index (χ1) is 14.5. The highest BCUT2D eigenvalue weighted by atomic mass is 16.6. The molecule has 1 aromatic carbocycles. The van der Waals surface area contributed by atoms with Gasteiger partial charge < -0.3 is 19.4 Å². The van der Waals surface area contributed by atoms with Gasteiger partial charge in [-0.1, -0.05) is 24.1 Å². The summed E-state index contributed by atoms with van der Waals surface area (Å²) < 4.78 is 5.05. The number of terminal acetylenes is 1. The van der Waals surface area contributed by atoms with Gasteiger partial charge >= 0.3 is 6.09 Å². The lowest BCUT2D eigenvalue weighted by atomic mass is 9.67. The van der Waals surface area contributed by atoms with Crippen LogP contribution >= 0.6 is 0 Å². The largest absolute Gasteiger partial charge is 0.436 e. The summed E-state index contributed by atoms with van der Waals surface area (Å²) in [6.45, 7) is 6.10. The second-order valence-electron chi connectivity index (χ2n) is 8.73. The molecule has 0 saturated carbocycles. The number of ether oxygens (including phenoxy) is 1. The van der Waals surface area contributed by atoms with Crippen molar-refractivity contribution in [3.8, 4) is 12.3 Å². The van der Waals surface area contributed by atoms with Crippen LogP contribution in [-0.4, -0.2) is 67.2 Å². The molecule has 0 radical (unpaired) electrons. The molecule has 0 bridgehead atoms. The zero-order valence-electron chi connectivity index (χ0n) is 17.8. The number of fused-ring (bicyclic) bond motifs is 2. The van der Waals surface area contributed by atoms with Crippen LogP contribution < -0.4 is 4.90 Å². The van der Waals surface area contributed by atoms with E-state index in [9.17, 15) is 9.59 Å². The molecule has 3 aliphatic heterocycles. The summed E-state index contributed by atoms with van der Waals surface area (Å²) in [7, 11) is 0. The monoisotopic (exact) mass is 409 g/mol. The highest BCUT2D eigenvalue weighted by Gasteiger charge is 2.43. The fourth-order valence-corrected chi connectivity index (χ4v) is 5.51. The molecule has 4 rings (SSSR count). The number of anilines is 1. The van der Waals surface area contributed by atoms with Crippen LogP contribution in [0.25, 0.3) is 0 Å². The average molecular weight is 410 g/mol. The van der Waals surface area contributed by atoms with E-state index in [0.29, 0.717) is 6.04 Å². The molecule has 3 heterocycles. The van der Waals surface area contributed by atoms with Gasteiger partial charge in [-0.25, -0.2) is 4.79 Å². The Kier molecular flexibility index (Phi) is 6.01. The van der Waals surface area contributed by atoms with Crippen LogP contribution in [0.1, 0.15) is 44.6 Å². The molecule has 1 aromatic rings. The SMILES string of the molecule is C#CCOC(=O)N1CCC(N2CCC3(CCN(C(C)=O)c4ccccc43)CC2)CC1. The van der Waals surface area contributed by atoms with Gasteiger partial charge in [-0.15, -0.1) is 6.42 Å². The van der Waals surface area contributed by atoms with Crippen molar-refractivity contribution in [3.05, 3.63) is 29.8 Å². The summed E-state index contributed by atoms with van der Waals surface area (Å²) in [5.74, 6) is 2.47. The number of hydrogen-bond donors (Lipinski definition) is 0. The molecule has 6 nitrogen and oxygen atoms in total. The minimum atomic E-state index is -0.294. The summed E-state index contributed by atoms with van der Waals surface area (Å²) in [6.07, 6.45) is 10.1. The van der Waals surface area contributed by atoms with Crippen molar-refractivity contribution in [2.45, 2.75) is 50.5 Å². The average Bonchev–Trinajstić information content (AvgIpc) is 2.78. The van der Waals surface area contributed by atoms with Gasteiger partial charge in [0, 0.05) is 43.7 Å². The van der Waals surface area contributed by atoms with Crippen molar-refractivity contribution in [2.24, 2.45) is 0 Å². The summed E-state index contributed by atoms with van der Waals surface area (Å²) in [5.41, 5.74) is 2.62. The fraction of sp³-hybridized carbons (Fsp3) is 0.583. The molecule has 0 aliphatic carbocycles. The predicted octanol–water partition coefficient (Wildman–Crippen LogP) is 3.01. The van der Waals surface area contributed by atoms with Crippen molar-refractivity contribution < 1.29 is 14.3 Å². The zero-order chi connectivity index (χ0) is 21.1. The minimum absolute atomic E-state index is 0.0372. The number of amides is 2. The first kappa shape index (κ1) is 20.7. The van der Waals surface area contributed by atoms with E-state index >= 15 is 0 Å². The predicted molar refractivity (Wildman–Crippen MR) is 116 cm³/mol. The first-order valence-corrected chi connectivity index (χ1v) is 11.0. The molecule has 6 heteroatoms. The Hall–Kier alpha value is -2.52. The van der Waals surface area contributed by atoms with E-state index in [1.165, 1.54) is 5.56 Å². The van der Waals surface area contributed by atoms with E-state index < -0.39 is 0 Å². The third-order valence-electron chi connectivity index (χ3n) is 7.23. The lowest BCUT2D eigenvalue weighted by Gasteiger charge is -2.50. The quantitative estimate of drug-likeness (QED) is 0.705. The van der Waals surface area contributed by atoms with Crippen LogP contribution in [0, 0.1) is 12.3 Å². The summed E-state index contributed by atoms with van der Waals surface area (Å²) in [5, 5.41) is 0. The summed E-state index contributed by atoms with van der Waals surface area (Å²) >= 11 is 0. The summed E-state index contributed by atoms with van der Waals surface area (Å²) in [4.78, 5) is 30.4. The second kappa shape index (κ2) is 8.69. The standard InChI is InChI=1S/C24H31N3O3/c1-3-18-30-23(29)26-13-8-20(9-14-26)25-15-10-24(11-16-25)12-17-27(19(2)28)22-7-5-4-6-21(22)24/h1,4-7,20H,8-18H2,2H3. The Labute approximate surface area is 179 Å². The summed E-state index contributed by atoms with van der Waals surface area (Å²) in [6, 6.07) is 8.97. The van der Waals surface area contributed by atoms with Crippen molar-refractivity contribution in [2.75, 3.05) is 44.2 Å². The number of benzene rings is 1. The number of para-hydroxylation sites is 1. The fourth-order valence-electron chi connectivity index (χ4n) is 5.51. The van der Waals surface area contributed by atoms with E-state index in [0.717, 1.165) is 70.5 Å². The van der Waals surface area contributed by atoms with Crippen LogP contribution in [-0.2, 0) is 14.9 Å². The molecule has 160 valence electrons. The van der Waals surface area contributed by atoms with Crippen LogP contribution in [0.4, 0.5) is 10.5 Å². The molecule has 0 atom stereocenters. The highest BCUT2D eigenvalue weighted by Crippen LogP contribution is 2.47. The van der Waals surface area contributed by atoms with E-state index in [-0.39, 0.29) is 24.0 Å². The van der Waals surface area contributed by atoms with Crippen LogP contribution in [0.5, 0.6) is 0 Å². The molecule has 2 amide bonds. The maximum Gasteiger partial charge on any atom is 0.410 e. The number of carbonyl (C=O) groups excluding carboxylic acids is 2. The van der Waals surface area contributed by atoms with E-state index in [1.54, 1.807) is 11.8 Å². The molecule has 1 spiro atoms. The van der Waals surface area contributed by atoms with Crippen molar-refractivity contribution >= 4 is 17.7 Å². The smallest absolute Gasteiger partial charge is 0.410 e. The molecule has 2 saturated heterocycles. The van der Waals surface area contributed by atoms with Gasteiger partial charge in [0.05, 0.1) is 0 Å². The van der Waals surface area contributed by atoms with Crippen LogP contribution in [0.3, 0.4) is 0 Å². The third kappa shape index (κ3) is 3.91. The number of carbonyl (C=O) groups is 2. The number of rotatable bonds is 2. The Balaban J connectivity index is 1.37. The van der Waals surface area contributed by atoms with Crippen LogP contribution in [0.2, 0.25) is 0 Å².